The monoisotopic (exact) mass is 311 g/mol. The minimum atomic E-state index is -0.549. The molecule has 2 rings (SSSR count). The third-order valence-corrected chi connectivity index (χ3v) is 2.78. The second-order valence-corrected chi connectivity index (χ2v) is 4.22. The van der Waals surface area contributed by atoms with Crippen LogP contribution in [-0.4, -0.2) is 39.6 Å². The van der Waals surface area contributed by atoms with Gasteiger partial charge in [0.05, 0.1) is 12.1 Å². The van der Waals surface area contributed by atoms with Gasteiger partial charge in [-0.05, 0) is 24.3 Å². The van der Waals surface area contributed by atoms with Crippen LogP contribution in [0.2, 0.25) is 0 Å². The molecular weight excluding hydrogens is 298 g/mol. The van der Waals surface area contributed by atoms with Crippen LogP contribution in [0, 0.1) is 0 Å². The van der Waals surface area contributed by atoms with Crippen LogP contribution in [0.15, 0.2) is 49.4 Å². The third kappa shape index (κ3) is 3.82. The number of nitrogens with one attached hydrogen (secondary N) is 1. The molecule has 0 fully saturated rings. The van der Waals surface area contributed by atoms with Gasteiger partial charge in [0.2, 0.25) is 5.95 Å². The largest absolute Gasteiger partial charge is 0.301 e. The number of aldehydes is 1. The molecule has 8 nitrogen and oxygen atoms in total. The van der Waals surface area contributed by atoms with Crippen molar-refractivity contribution in [2.24, 2.45) is 0 Å². The zero-order valence-electron chi connectivity index (χ0n) is 12.0. The maximum absolute atomic E-state index is 12.4. The van der Waals surface area contributed by atoms with Crippen molar-refractivity contribution in [3.05, 3.63) is 55.0 Å². The van der Waals surface area contributed by atoms with Crippen LogP contribution >= 0.6 is 0 Å². The molecule has 0 aliphatic rings. The first-order valence-corrected chi connectivity index (χ1v) is 6.58. The highest BCUT2D eigenvalue weighted by molar-refractivity contribution is 6.11. The van der Waals surface area contributed by atoms with E-state index in [1.807, 2.05) is 0 Å². The first-order chi connectivity index (χ1) is 11.2. The smallest absolute Gasteiger partial charge is 0.261 e. The molecule has 0 radical (unpaired) electrons. The molecule has 23 heavy (non-hydrogen) atoms. The number of nitrogens with zero attached hydrogens (tertiary/aromatic N) is 4. The van der Waals surface area contributed by atoms with Gasteiger partial charge in [-0.2, -0.15) is 0 Å². The Morgan fingerprint density at radius 2 is 1.87 bits per heavy atom. The summed E-state index contributed by atoms with van der Waals surface area (Å²) >= 11 is 0. The molecule has 0 saturated carbocycles. The second kappa shape index (κ2) is 7.55. The SMILES string of the molecule is C=CC(=O)N(CC=O)c1ncccc1C(=O)Nc1ncccn1. The lowest BCUT2D eigenvalue weighted by molar-refractivity contribution is -0.116. The molecule has 116 valence electrons. The van der Waals surface area contributed by atoms with Crippen LogP contribution in [-0.2, 0) is 9.59 Å². The minimum Gasteiger partial charge on any atom is -0.301 e. The van der Waals surface area contributed by atoms with Crippen molar-refractivity contribution in [2.45, 2.75) is 0 Å². The second-order valence-electron chi connectivity index (χ2n) is 4.22. The molecule has 2 aromatic rings. The van der Waals surface area contributed by atoms with Crippen molar-refractivity contribution in [1.82, 2.24) is 15.0 Å². The van der Waals surface area contributed by atoms with E-state index in [-0.39, 0.29) is 23.9 Å². The summed E-state index contributed by atoms with van der Waals surface area (Å²) in [6.45, 7) is 3.13. The number of aromatic nitrogens is 3. The lowest BCUT2D eigenvalue weighted by atomic mass is 10.2. The van der Waals surface area contributed by atoms with E-state index in [1.165, 1.54) is 24.7 Å². The highest BCUT2D eigenvalue weighted by Gasteiger charge is 2.21. The van der Waals surface area contributed by atoms with Gasteiger partial charge < -0.3 is 4.79 Å². The molecule has 0 bridgehead atoms. The quantitative estimate of drug-likeness (QED) is 0.626. The summed E-state index contributed by atoms with van der Waals surface area (Å²) in [6.07, 6.45) is 5.96. The summed E-state index contributed by atoms with van der Waals surface area (Å²) in [7, 11) is 0. The fourth-order valence-corrected chi connectivity index (χ4v) is 1.79. The molecule has 2 amide bonds. The lowest BCUT2D eigenvalue weighted by Gasteiger charge is -2.19. The van der Waals surface area contributed by atoms with Gasteiger partial charge in [0.15, 0.2) is 0 Å². The maximum atomic E-state index is 12.4. The Hall–Kier alpha value is -3.42. The molecule has 8 heteroatoms. The zero-order chi connectivity index (χ0) is 16.7. The molecule has 0 saturated heterocycles. The zero-order valence-corrected chi connectivity index (χ0v) is 12.0. The Kier molecular flexibility index (Phi) is 5.24. The van der Waals surface area contributed by atoms with Gasteiger partial charge in [0.1, 0.15) is 12.1 Å². The van der Waals surface area contributed by atoms with E-state index < -0.39 is 11.8 Å². The predicted molar refractivity (Wildman–Crippen MR) is 82.8 cm³/mol. The van der Waals surface area contributed by atoms with E-state index in [1.54, 1.807) is 12.1 Å². The topological polar surface area (TPSA) is 105 Å². The Balaban J connectivity index is 2.35. The van der Waals surface area contributed by atoms with Gasteiger partial charge in [0.25, 0.3) is 11.8 Å². The van der Waals surface area contributed by atoms with Gasteiger partial charge in [-0.1, -0.05) is 6.58 Å². The van der Waals surface area contributed by atoms with E-state index in [2.05, 4.69) is 26.8 Å². The van der Waals surface area contributed by atoms with Crippen molar-refractivity contribution in [2.75, 3.05) is 16.8 Å². The van der Waals surface area contributed by atoms with Crippen molar-refractivity contribution in [3.63, 3.8) is 0 Å². The molecule has 2 heterocycles. The molecular formula is C15H13N5O3. The molecule has 0 aromatic carbocycles. The number of hydrogen-bond acceptors (Lipinski definition) is 6. The highest BCUT2D eigenvalue weighted by atomic mass is 16.2. The fraction of sp³-hybridized carbons (Fsp3) is 0.0667. The van der Waals surface area contributed by atoms with E-state index in [4.69, 9.17) is 0 Å². The summed E-state index contributed by atoms with van der Waals surface area (Å²) in [5, 5.41) is 2.50. The van der Waals surface area contributed by atoms with Gasteiger partial charge >= 0.3 is 0 Å². The Labute approximate surface area is 131 Å². The van der Waals surface area contributed by atoms with Crippen molar-refractivity contribution in [3.8, 4) is 0 Å². The van der Waals surface area contributed by atoms with E-state index in [0.717, 1.165) is 11.0 Å². The van der Waals surface area contributed by atoms with Gasteiger partial charge in [-0.15, -0.1) is 0 Å². The molecule has 0 aliphatic carbocycles. The molecule has 0 unspecified atom stereocenters. The van der Waals surface area contributed by atoms with Crippen molar-refractivity contribution >= 4 is 29.9 Å². The van der Waals surface area contributed by atoms with E-state index in [9.17, 15) is 14.4 Å². The lowest BCUT2D eigenvalue weighted by Crippen LogP contribution is -2.33. The molecule has 2 aromatic heterocycles. The standard InChI is InChI=1S/C15H13N5O3/c1-2-12(22)20(9-10-21)13-11(5-3-6-16-13)14(23)19-15-17-7-4-8-18-15/h2-8,10H,1,9H2,(H,17,18,19,23). The van der Waals surface area contributed by atoms with Crippen molar-refractivity contribution in [1.29, 1.82) is 0 Å². The fourth-order valence-electron chi connectivity index (χ4n) is 1.79. The average Bonchev–Trinajstić information content (AvgIpc) is 2.60. The maximum Gasteiger partial charge on any atom is 0.261 e. The number of anilines is 2. The number of hydrogen-bond donors (Lipinski definition) is 1. The highest BCUT2D eigenvalue weighted by Crippen LogP contribution is 2.18. The number of rotatable bonds is 6. The number of carbonyl (C=O) groups excluding carboxylic acids is 3. The Bertz CT molecular complexity index is 733. The van der Waals surface area contributed by atoms with E-state index >= 15 is 0 Å². The van der Waals surface area contributed by atoms with E-state index in [0.29, 0.717) is 6.29 Å². The Morgan fingerprint density at radius 3 is 2.52 bits per heavy atom. The molecule has 1 N–H and O–H groups in total. The number of pyridine rings is 1. The van der Waals surface area contributed by atoms with Gasteiger partial charge in [0, 0.05) is 18.6 Å². The van der Waals surface area contributed by atoms with Crippen LogP contribution in [0.5, 0.6) is 0 Å². The van der Waals surface area contributed by atoms with Crippen LogP contribution in [0.25, 0.3) is 0 Å². The summed E-state index contributed by atoms with van der Waals surface area (Å²) in [5.41, 5.74) is 0.108. The van der Waals surface area contributed by atoms with Gasteiger partial charge in [-0.25, -0.2) is 15.0 Å². The first kappa shape index (κ1) is 16.0. The third-order valence-electron chi connectivity index (χ3n) is 2.78. The van der Waals surface area contributed by atoms with Gasteiger partial charge in [-0.3, -0.25) is 19.8 Å². The van der Waals surface area contributed by atoms with Crippen LogP contribution in [0.3, 0.4) is 0 Å². The molecule has 0 spiro atoms. The Morgan fingerprint density at radius 1 is 1.17 bits per heavy atom. The van der Waals surface area contributed by atoms with Crippen LogP contribution < -0.4 is 10.2 Å². The average molecular weight is 311 g/mol. The molecule has 0 atom stereocenters. The summed E-state index contributed by atoms with van der Waals surface area (Å²) in [5.74, 6) is -0.921. The number of amides is 2. The predicted octanol–water partition coefficient (Wildman–Crippen LogP) is 0.842. The van der Waals surface area contributed by atoms with Crippen LogP contribution in [0.1, 0.15) is 10.4 Å². The summed E-state index contributed by atoms with van der Waals surface area (Å²) in [4.78, 5) is 47.9. The molecule has 0 aliphatic heterocycles. The summed E-state index contributed by atoms with van der Waals surface area (Å²) < 4.78 is 0. The summed E-state index contributed by atoms with van der Waals surface area (Å²) in [6, 6.07) is 4.64. The van der Waals surface area contributed by atoms with Crippen LogP contribution in [0.4, 0.5) is 11.8 Å². The first-order valence-electron chi connectivity index (χ1n) is 6.58. The van der Waals surface area contributed by atoms with Crippen molar-refractivity contribution < 1.29 is 14.4 Å². The number of carbonyl (C=O) groups is 3. The minimum absolute atomic E-state index is 0.0536. The normalized spacial score (nSPS) is 9.74.